The van der Waals surface area contributed by atoms with E-state index in [0.717, 1.165) is 84.8 Å². The molecule has 1 N–H and O–H groups in total. The van der Waals surface area contributed by atoms with Crippen LogP contribution >= 0.6 is 0 Å². The summed E-state index contributed by atoms with van der Waals surface area (Å²) in [5.74, 6) is 0.508. The van der Waals surface area contributed by atoms with Gasteiger partial charge < -0.3 is 24.4 Å². The number of aromatic nitrogens is 2. The van der Waals surface area contributed by atoms with E-state index in [9.17, 15) is 19.6 Å². The minimum atomic E-state index is -1.03. The predicted molar refractivity (Wildman–Crippen MR) is 200 cm³/mol. The Hall–Kier alpha value is -4.99. The summed E-state index contributed by atoms with van der Waals surface area (Å²) in [5, 5.41) is 22.4. The van der Waals surface area contributed by atoms with Crippen LogP contribution in [0.25, 0.3) is 10.8 Å². The number of anilines is 2. The van der Waals surface area contributed by atoms with E-state index >= 15 is 0 Å². The third kappa shape index (κ3) is 7.08. The van der Waals surface area contributed by atoms with Gasteiger partial charge in [-0.2, -0.15) is 15.2 Å². The lowest BCUT2D eigenvalue weighted by atomic mass is 9.83. The van der Waals surface area contributed by atoms with Gasteiger partial charge in [0, 0.05) is 67.9 Å². The number of ether oxygens (including phenoxy) is 2. The maximum atomic E-state index is 14.9. The molecule has 3 fully saturated rings. The van der Waals surface area contributed by atoms with Crippen molar-refractivity contribution in [1.82, 2.24) is 19.8 Å². The van der Waals surface area contributed by atoms with Gasteiger partial charge in [0.1, 0.15) is 11.6 Å². The van der Waals surface area contributed by atoms with Crippen LogP contribution in [0, 0.1) is 29.5 Å². The highest BCUT2D eigenvalue weighted by Gasteiger charge is 2.47. The van der Waals surface area contributed by atoms with Gasteiger partial charge in [-0.3, -0.25) is 9.80 Å². The molecule has 4 aliphatic rings. The van der Waals surface area contributed by atoms with Crippen molar-refractivity contribution in [1.29, 1.82) is 5.26 Å². The van der Waals surface area contributed by atoms with Crippen LogP contribution in [0.5, 0.6) is 6.01 Å². The number of carboxylic acid groups (broad SMARTS) is 1. The Kier molecular flexibility index (Phi) is 9.55. The Bertz CT molecular complexity index is 2030. The van der Waals surface area contributed by atoms with Crippen LogP contribution in [0.1, 0.15) is 41.6 Å². The predicted octanol–water partition coefficient (Wildman–Crippen LogP) is 5.83. The minimum Gasteiger partial charge on any atom is -0.465 e. The number of halogens is 1. The summed E-state index contributed by atoms with van der Waals surface area (Å²) < 4.78 is 27.0. The molecule has 8 rings (SSSR count). The van der Waals surface area contributed by atoms with Crippen molar-refractivity contribution in [3.63, 3.8) is 0 Å². The highest BCUT2D eigenvalue weighted by atomic mass is 19.1. The summed E-state index contributed by atoms with van der Waals surface area (Å²) in [6.07, 6.45) is 2.21. The number of aryl methyl sites for hydroxylation is 1. The van der Waals surface area contributed by atoms with Gasteiger partial charge in [-0.25, -0.2) is 9.18 Å². The Balaban J connectivity index is 1.15. The van der Waals surface area contributed by atoms with E-state index in [4.69, 9.17) is 19.4 Å². The van der Waals surface area contributed by atoms with E-state index in [1.807, 2.05) is 61.5 Å². The summed E-state index contributed by atoms with van der Waals surface area (Å²) in [4.78, 5) is 31.2. The molecule has 1 amide bonds. The average molecular weight is 720 g/mol. The number of benzene rings is 3. The van der Waals surface area contributed by atoms with Gasteiger partial charge in [-0.15, -0.1) is 0 Å². The van der Waals surface area contributed by atoms with Crippen molar-refractivity contribution in [2.75, 3.05) is 75.4 Å². The largest absolute Gasteiger partial charge is 0.465 e. The molecule has 11 nitrogen and oxygen atoms in total. The summed E-state index contributed by atoms with van der Waals surface area (Å²) in [6.45, 7) is 8.74. The summed E-state index contributed by atoms with van der Waals surface area (Å²) >= 11 is 0. The van der Waals surface area contributed by atoms with Crippen LogP contribution in [-0.2, 0) is 24.1 Å². The second-order valence-corrected chi connectivity index (χ2v) is 15.2. The SMILES string of the molecule is Cc1c(F)ccc2cccc(N3CCc4c(nc(OCC5(CN6CCOCC6)CC5)nc4N4CCN(C(=O)O)[C@](CC#N)(Cc5ccccc5)C4)C3)c12. The first-order chi connectivity index (χ1) is 25.8. The quantitative estimate of drug-likeness (QED) is 0.215. The van der Waals surface area contributed by atoms with Crippen LogP contribution < -0.4 is 14.5 Å². The molecule has 4 heterocycles. The van der Waals surface area contributed by atoms with Crippen LogP contribution in [0.15, 0.2) is 60.7 Å². The standard InChI is InChI=1S/C41H46FN7O4/c1-29-33(42)11-10-31-8-5-9-35(36(29)31)47-17-12-32-34(25-47)44-38(53-28-40(13-14-40)26-46-20-22-52-23-21-46)45-37(32)48-18-19-49(39(50)51)41(27-48,15-16-43)24-30-6-3-2-4-7-30/h2-11H,12-15,17-28H2,1H3,(H,50,51)/t41-/m1/s1. The third-order valence-corrected chi connectivity index (χ3v) is 11.7. The first-order valence-electron chi connectivity index (χ1n) is 18.7. The molecule has 1 saturated carbocycles. The molecule has 2 saturated heterocycles. The van der Waals surface area contributed by atoms with Crippen LogP contribution in [0.2, 0.25) is 0 Å². The molecule has 3 aliphatic heterocycles. The van der Waals surface area contributed by atoms with E-state index in [2.05, 4.69) is 20.8 Å². The molecule has 1 atom stereocenters. The number of hydrogen-bond acceptors (Lipinski definition) is 9. The molecule has 0 bridgehead atoms. The van der Waals surface area contributed by atoms with Gasteiger partial charge in [-0.1, -0.05) is 48.5 Å². The number of nitrogens with zero attached hydrogens (tertiary/aromatic N) is 7. The average Bonchev–Trinajstić information content (AvgIpc) is 3.94. The molecule has 4 aromatic rings. The number of carbonyl (C=O) groups is 1. The second kappa shape index (κ2) is 14.4. The van der Waals surface area contributed by atoms with Gasteiger partial charge in [-0.05, 0) is 61.3 Å². The fourth-order valence-corrected chi connectivity index (χ4v) is 8.62. The summed E-state index contributed by atoms with van der Waals surface area (Å²) in [5.41, 5.74) is 3.46. The number of nitriles is 1. The Morgan fingerprint density at radius 3 is 2.57 bits per heavy atom. The Labute approximate surface area is 309 Å². The lowest BCUT2D eigenvalue weighted by Gasteiger charge is -2.49. The van der Waals surface area contributed by atoms with Crippen LogP contribution in [-0.4, -0.2) is 102 Å². The van der Waals surface area contributed by atoms with Crippen LogP contribution in [0.3, 0.4) is 0 Å². The molecule has 1 aromatic heterocycles. The molecule has 12 heteroatoms. The number of hydrogen-bond donors (Lipinski definition) is 1. The lowest BCUT2D eigenvalue weighted by Crippen LogP contribution is -2.65. The molecular weight excluding hydrogens is 673 g/mol. The first-order valence-corrected chi connectivity index (χ1v) is 18.7. The molecule has 3 aromatic carbocycles. The van der Waals surface area contributed by atoms with E-state index < -0.39 is 11.6 Å². The van der Waals surface area contributed by atoms with Gasteiger partial charge in [0.05, 0.1) is 50.1 Å². The van der Waals surface area contributed by atoms with Crippen molar-refractivity contribution >= 4 is 28.4 Å². The van der Waals surface area contributed by atoms with Crippen molar-refractivity contribution < 1.29 is 23.8 Å². The monoisotopic (exact) mass is 719 g/mol. The van der Waals surface area contributed by atoms with Crippen molar-refractivity contribution in [3.05, 3.63) is 88.9 Å². The number of rotatable bonds is 10. The number of amides is 1. The fraction of sp³-hybridized carbons (Fsp3) is 0.463. The van der Waals surface area contributed by atoms with Gasteiger partial charge >= 0.3 is 12.1 Å². The normalized spacial score (nSPS) is 21.3. The zero-order chi connectivity index (χ0) is 36.6. The molecular formula is C41H46FN7O4. The molecule has 0 unspecified atom stereocenters. The highest BCUT2D eigenvalue weighted by Crippen LogP contribution is 2.47. The molecule has 0 spiro atoms. The fourth-order valence-electron chi connectivity index (χ4n) is 8.62. The first kappa shape index (κ1) is 35.1. The maximum Gasteiger partial charge on any atom is 0.407 e. The van der Waals surface area contributed by atoms with Crippen molar-refractivity contribution in [2.45, 2.75) is 51.1 Å². The Morgan fingerprint density at radius 1 is 1.00 bits per heavy atom. The van der Waals surface area contributed by atoms with Gasteiger partial charge in [0.25, 0.3) is 0 Å². The van der Waals surface area contributed by atoms with Crippen molar-refractivity contribution in [3.8, 4) is 12.1 Å². The van der Waals surface area contributed by atoms with E-state index in [1.54, 1.807) is 0 Å². The minimum absolute atomic E-state index is 0.0379. The van der Waals surface area contributed by atoms with Crippen molar-refractivity contribution in [2.24, 2.45) is 5.41 Å². The number of morpholine rings is 1. The molecule has 0 radical (unpaired) electrons. The zero-order valence-corrected chi connectivity index (χ0v) is 30.3. The van der Waals surface area contributed by atoms with E-state index in [1.165, 1.54) is 11.0 Å². The van der Waals surface area contributed by atoms with Gasteiger partial charge in [0.15, 0.2) is 0 Å². The Morgan fingerprint density at radius 2 is 1.81 bits per heavy atom. The van der Waals surface area contributed by atoms with E-state index in [-0.39, 0.29) is 24.2 Å². The number of fused-ring (bicyclic) bond motifs is 2. The van der Waals surface area contributed by atoms with E-state index in [0.29, 0.717) is 57.2 Å². The lowest BCUT2D eigenvalue weighted by molar-refractivity contribution is 0.0231. The smallest absolute Gasteiger partial charge is 0.407 e. The topological polar surface area (TPSA) is 118 Å². The molecule has 276 valence electrons. The highest BCUT2D eigenvalue weighted by molar-refractivity contribution is 5.97. The van der Waals surface area contributed by atoms with Gasteiger partial charge in [0.2, 0.25) is 0 Å². The summed E-state index contributed by atoms with van der Waals surface area (Å²) in [7, 11) is 0. The number of piperazine rings is 1. The zero-order valence-electron chi connectivity index (χ0n) is 30.3. The maximum absolute atomic E-state index is 14.9. The molecule has 53 heavy (non-hydrogen) atoms. The summed E-state index contributed by atoms with van der Waals surface area (Å²) in [6, 6.07) is 21.8. The molecule has 1 aliphatic carbocycles. The third-order valence-electron chi connectivity index (χ3n) is 11.7. The van der Waals surface area contributed by atoms with Crippen LogP contribution in [0.4, 0.5) is 20.7 Å². The second-order valence-electron chi connectivity index (χ2n) is 15.2.